The van der Waals surface area contributed by atoms with Crippen LogP contribution in [0.15, 0.2) is 0 Å². The fraction of sp³-hybridized carbons (Fsp3) is 0.714. The molecule has 0 fully saturated rings. The zero-order chi connectivity index (χ0) is 8.04. The van der Waals surface area contributed by atoms with Gasteiger partial charge in [-0.3, -0.25) is 0 Å². The lowest BCUT2D eigenvalue weighted by Crippen LogP contribution is -2.07. The summed E-state index contributed by atoms with van der Waals surface area (Å²) in [6.07, 6.45) is -1.51. The van der Waals surface area contributed by atoms with Gasteiger partial charge in [0.05, 0.1) is 6.42 Å². The molecule has 0 aromatic carbocycles. The number of unbranched alkanes of at least 4 members (excludes halogenated alkanes) is 3. The molecule has 0 saturated carbocycles. The van der Waals surface area contributed by atoms with Crippen LogP contribution in [-0.2, 0) is 0 Å². The molecule has 0 aliphatic rings. The predicted molar refractivity (Wildman–Crippen MR) is 34.2 cm³/mol. The van der Waals surface area contributed by atoms with Crippen LogP contribution in [0.25, 0.3) is 0 Å². The zero-order valence-corrected chi connectivity index (χ0v) is 5.75. The Morgan fingerprint density at radius 1 is 1.20 bits per heavy atom. The van der Waals surface area contributed by atoms with Gasteiger partial charge in [0.2, 0.25) is 0 Å². The van der Waals surface area contributed by atoms with E-state index in [-0.39, 0.29) is 6.42 Å². The molecule has 0 aromatic heterocycles. The van der Waals surface area contributed by atoms with E-state index in [1.807, 2.05) is 0 Å². The van der Waals surface area contributed by atoms with Crippen LogP contribution in [0.3, 0.4) is 0 Å². The molecular formula is C7H11F3. The second-order valence-electron chi connectivity index (χ2n) is 2.10. The van der Waals surface area contributed by atoms with E-state index in [0.29, 0.717) is 19.3 Å². The molecule has 0 aromatic rings. The van der Waals surface area contributed by atoms with Crippen LogP contribution in [-0.4, -0.2) is 6.18 Å². The molecule has 0 saturated heterocycles. The second-order valence-corrected chi connectivity index (χ2v) is 2.10. The molecule has 0 aliphatic heterocycles. The van der Waals surface area contributed by atoms with Crippen molar-refractivity contribution in [2.75, 3.05) is 0 Å². The van der Waals surface area contributed by atoms with Gasteiger partial charge >= 0.3 is 6.18 Å². The summed E-state index contributed by atoms with van der Waals surface area (Å²) >= 11 is 0. The van der Waals surface area contributed by atoms with Crippen molar-refractivity contribution in [3.05, 3.63) is 13.3 Å². The van der Waals surface area contributed by atoms with Crippen LogP contribution < -0.4 is 0 Å². The third kappa shape index (κ3) is 7.79. The number of hydrogen-bond donors (Lipinski definition) is 0. The van der Waals surface area contributed by atoms with Gasteiger partial charge in [-0.2, -0.15) is 13.2 Å². The fourth-order valence-electron chi connectivity index (χ4n) is 0.587. The molecule has 0 rings (SSSR count). The average Bonchev–Trinajstić information content (AvgIpc) is 1.78. The molecular weight excluding hydrogens is 141 g/mol. The highest BCUT2D eigenvalue weighted by Gasteiger charge is 2.26. The topological polar surface area (TPSA) is 0 Å². The highest BCUT2D eigenvalue weighted by atomic mass is 19.4. The summed E-state index contributed by atoms with van der Waals surface area (Å²) in [4.78, 5) is 0. The first-order chi connectivity index (χ1) is 4.56. The number of rotatable bonds is 4. The largest absolute Gasteiger partial charge is 0.392 e. The number of hydrogen-bond acceptors (Lipinski definition) is 0. The van der Waals surface area contributed by atoms with Crippen molar-refractivity contribution in [2.24, 2.45) is 0 Å². The van der Waals surface area contributed by atoms with Crippen molar-refractivity contribution in [1.29, 1.82) is 0 Å². The molecule has 0 spiro atoms. The highest BCUT2D eigenvalue weighted by molar-refractivity contribution is 4.73. The molecule has 2 radical (unpaired) electrons. The first-order valence-electron chi connectivity index (χ1n) is 3.26. The van der Waals surface area contributed by atoms with E-state index >= 15 is 0 Å². The molecule has 0 amide bonds. The lowest BCUT2D eigenvalue weighted by molar-refractivity contribution is -0.0984. The first kappa shape index (κ1) is 9.79. The third-order valence-electron chi connectivity index (χ3n) is 1.08. The lowest BCUT2D eigenvalue weighted by Gasteiger charge is -2.03. The van der Waals surface area contributed by atoms with E-state index in [1.54, 1.807) is 0 Å². The Morgan fingerprint density at radius 3 is 2.20 bits per heavy atom. The predicted octanol–water partition coefficient (Wildman–Crippen LogP) is 3.15. The SMILES string of the molecule is [CH2]CCCC[CH]C(F)(F)F. The van der Waals surface area contributed by atoms with Crippen LogP contribution in [0.5, 0.6) is 0 Å². The highest BCUT2D eigenvalue weighted by Crippen LogP contribution is 2.21. The quantitative estimate of drug-likeness (QED) is 0.543. The molecule has 3 heteroatoms. The summed E-state index contributed by atoms with van der Waals surface area (Å²) in [6.45, 7) is 3.52. The van der Waals surface area contributed by atoms with E-state index in [9.17, 15) is 13.2 Å². The van der Waals surface area contributed by atoms with Crippen molar-refractivity contribution in [1.82, 2.24) is 0 Å². The maximum absolute atomic E-state index is 11.4. The molecule has 0 bridgehead atoms. The molecule has 0 unspecified atom stereocenters. The summed E-state index contributed by atoms with van der Waals surface area (Å²) in [5.41, 5.74) is 0. The van der Waals surface area contributed by atoms with E-state index in [2.05, 4.69) is 6.92 Å². The summed E-state index contributed by atoms with van der Waals surface area (Å²) in [5, 5.41) is 0. The van der Waals surface area contributed by atoms with Gasteiger partial charge in [0, 0.05) is 0 Å². The van der Waals surface area contributed by atoms with Crippen LogP contribution >= 0.6 is 0 Å². The monoisotopic (exact) mass is 152 g/mol. The smallest absolute Gasteiger partial charge is 0.171 e. The molecule has 0 nitrogen and oxygen atoms in total. The average molecular weight is 152 g/mol. The Balaban J connectivity index is 3.04. The van der Waals surface area contributed by atoms with Crippen LogP contribution in [0, 0.1) is 13.3 Å². The summed E-state index contributed by atoms with van der Waals surface area (Å²) < 4.78 is 34.2. The molecule has 0 aliphatic carbocycles. The van der Waals surface area contributed by atoms with Gasteiger partial charge in [-0.15, -0.1) is 0 Å². The van der Waals surface area contributed by atoms with Crippen molar-refractivity contribution in [3.63, 3.8) is 0 Å². The Labute approximate surface area is 59.4 Å². The summed E-state index contributed by atoms with van der Waals surface area (Å²) in [7, 11) is 0. The maximum atomic E-state index is 11.4. The van der Waals surface area contributed by atoms with Crippen molar-refractivity contribution >= 4 is 0 Å². The lowest BCUT2D eigenvalue weighted by atomic mass is 10.1. The summed E-state index contributed by atoms with van der Waals surface area (Å²) in [6, 6.07) is 0. The molecule has 10 heavy (non-hydrogen) atoms. The maximum Gasteiger partial charge on any atom is 0.392 e. The van der Waals surface area contributed by atoms with Gasteiger partial charge in [0.15, 0.2) is 0 Å². The Hall–Kier alpha value is -0.210. The fourth-order valence-corrected chi connectivity index (χ4v) is 0.587. The molecule has 60 valence electrons. The summed E-state index contributed by atoms with van der Waals surface area (Å²) in [5.74, 6) is 0. The van der Waals surface area contributed by atoms with Gasteiger partial charge in [0.1, 0.15) is 0 Å². The van der Waals surface area contributed by atoms with E-state index in [4.69, 9.17) is 0 Å². The normalized spacial score (nSPS) is 12.0. The molecule has 0 atom stereocenters. The van der Waals surface area contributed by atoms with Crippen molar-refractivity contribution < 1.29 is 13.2 Å². The minimum Gasteiger partial charge on any atom is -0.171 e. The van der Waals surface area contributed by atoms with Crippen molar-refractivity contribution in [3.8, 4) is 0 Å². The molecule has 0 heterocycles. The minimum absolute atomic E-state index is 0.124. The number of halogens is 3. The van der Waals surface area contributed by atoms with Gasteiger partial charge in [-0.1, -0.05) is 26.2 Å². The second kappa shape index (κ2) is 4.58. The van der Waals surface area contributed by atoms with Gasteiger partial charge in [-0.25, -0.2) is 0 Å². The zero-order valence-electron chi connectivity index (χ0n) is 5.75. The van der Waals surface area contributed by atoms with Gasteiger partial charge in [0.25, 0.3) is 0 Å². The van der Waals surface area contributed by atoms with Crippen LogP contribution in [0.1, 0.15) is 25.7 Å². The molecule has 0 N–H and O–H groups in total. The van der Waals surface area contributed by atoms with Gasteiger partial charge < -0.3 is 0 Å². The first-order valence-corrected chi connectivity index (χ1v) is 3.26. The third-order valence-corrected chi connectivity index (χ3v) is 1.08. The Kier molecular flexibility index (Phi) is 4.49. The van der Waals surface area contributed by atoms with Crippen LogP contribution in [0.4, 0.5) is 13.2 Å². The van der Waals surface area contributed by atoms with Crippen molar-refractivity contribution in [2.45, 2.75) is 31.9 Å². The van der Waals surface area contributed by atoms with Crippen LogP contribution in [0.2, 0.25) is 0 Å². The Morgan fingerprint density at radius 2 is 1.80 bits per heavy atom. The number of alkyl halides is 3. The van der Waals surface area contributed by atoms with E-state index in [1.165, 1.54) is 0 Å². The van der Waals surface area contributed by atoms with E-state index < -0.39 is 6.18 Å². The standard InChI is InChI=1S/C7H11F3/c1-2-3-4-5-6-7(8,9)10/h6H,1-5H2. The van der Waals surface area contributed by atoms with Gasteiger partial charge in [-0.05, 0) is 6.42 Å². The van der Waals surface area contributed by atoms with E-state index in [0.717, 1.165) is 6.42 Å². The Bertz CT molecular complexity index is 75.4. The minimum atomic E-state index is -4.10.